The third kappa shape index (κ3) is 3.16. The van der Waals surface area contributed by atoms with Crippen molar-refractivity contribution in [1.29, 1.82) is 5.26 Å². The Bertz CT molecular complexity index is 565. The van der Waals surface area contributed by atoms with Gasteiger partial charge < -0.3 is 10.1 Å². The highest BCUT2D eigenvalue weighted by atomic mass is 16.5. The molecule has 5 aliphatic carbocycles. The normalized spacial score (nSPS) is 38.0. The maximum absolute atomic E-state index is 12.8. The molecule has 1 amide bonds. The molecule has 25 heavy (non-hydrogen) atoms. The number of carbonyl (C=O) groups is 2. The number of esters is 1. The molecule has 5 heteroatoms. The molecule has 0 atom stereocenters. The van der Waals surface area contributed by atoms with E-state index in [-0.39, 0.29) is 23.9 Å². The summed E-state index contributed by atoms with van der Waals surface area (Å²) < 4.78 is 5.46. The Morgan fingerprint density at radius 2 is 1.56 bits per heavy atom. The molecule has 0 unspecified atom stereocenters. The maximum Gasteiger partial charge on any atom is 0.312 e. The summed E-state index contributed by atoms with van der Waals surface area (Å²) in [5, 5.41) is 12.3. The molecule has 0 radical (unpaired) electrons. The minimum Gasteiger partial charge on any atom is -0.455 e. The first-order valence-corrected chi connectivity index (χ1v) is 9.92. The van der Waals surface area contributed by atoms with Gasteiger partial charge in [0.05, 0.1) is 11.5 Å². The molecule has 0 heterocycles. The van der Waals surface area contributed by atoms with Crippen molar-refractivity contribution in [3.8, 4) is 6.07 Å². The quantitative estimate of drug-likeness (QED) is 0.795. The molecule has 5 saturated carbocycles. The highest BCUT2D eigenvalue weighted by Crippen LogP contribution is 2.60. The molecule has 0 saturated heterocycles. The zero-order valence-electron chi connectivity index (χ0n) is 14.9. The Balaban J connectivity index is 1.33. The van der Waals surface area contributed by atoms with Gasteiger partial charge in [-0.25, -0.2) is 0 Å². The van der Waals surface area contributed by atoms with E-state index >= 15 is 0 Å². The van der Waals surface area contributed by atoms with Crippen LogP contribution in [0.4, 0.5) is 0 Å². The molecule has 0 aromatic heterocycles. The second-order valence-corrected chi connectivity index (χ2v) is 9.08. The van der Waals surface area contributed by atoms with Crippen molar-refractivity contribution >= 4 is 11.9 Å². The van der Waals surface area contributed by atoms with Gasteiger partial charge in [-0.1, -0.05) is 19.3 Å². The van der Waals surface area contributed by atoms with Crippen molar-refractivity contribution in [3.63, 3.8) is 0 Å². The lowest BCUT2D eigenvalue weighted by Crippen LogP contribution is -2.52. The van der Waals surface area contributed by atoms with E-state index in [0.717, 1.165) is 38.5 Å². The topological polar surface area (TPSA) is 79.2 Å². The summed E-state index contributed by atoms with van der Waals surface area (Å²) in [7, 11) is 0. The third-order valence-electron chi connectivity index (χ3n) is 7.11. The Labute approximate surface area is 149 Å². The minimum absolute atomic E-state index is 0.170. The van der Waals surface area contributed by atoms with Gasteiger partial charge in [-0.3, -0.25) is 9.59 Å². The van der Waals surface area contributed by atoms with Crippen LogP contribution >= 0.6 is 0 Å². The number of hydrogen-bond donors (Lipinski definition) is 1. The molecule has 0 aromatic rings. The van der Waals surface area contributed by atoms with E-state index in [4.69, 9.17) is 4.74 Å². The molecular weight excluding hydrogens is 316 g/mol. The number of amides is 1. The second kappa shape index (κ2) is 6.30. The molecule has 5 nitrogen and oxygen atoms in total. The van der Waals surface area contributed by atoms with Gasteiger partial charge in [-0.2, -0.15) is 5.26 Å². The predicted molar refractivity (Wildman–Crippen MR) is 91.1 cm³/mol. The fourth-order valence-corrected chi connectivity index (χ4v) is 6.37. The van der Waals surface area contributed by atoms with Crippen molar-refractivity contribution < 1.29 is 14.3 Å². The first-order valence-electron chi connectivity index (χ1n) is 9.92. The van der Waals surface area contributed by atoms with E-state index in [0.29, 0.717) is 30.6 Å². The first kappa shape index (κ1) is 16.9. The van der Waals surface area contributed by atoms with Crippen molar-refractivity contribution in [2.24, 2.45) is 23.2 Å². The Kier molecular flexibility index (Phi) is 4.25. The van der Waals surface area contributed by atoms with Crippen LogP contribution in [-0.4, -0.2) is 24.0 Å². The van der Waals surface area contributed by atoms with E-state index in [1.807, 2.05) is 0 Å². The molecule has 0 spiro atoms. The summed E-state index contributed by atoms with van der Waals surface area (Å²) in [6.45, 7) is -0.246. The average Bonchev–Trinajstić information content (AvgIpc) is 2.59. The monoisotopic (exact) mass is 344 g/mol. The van der Waals surface area contributed by atoms with Crippen LogP contribution in [0.25, 0.3) is 0 Å². The largest absolute Gasteiger partial charge is 0.455 e. The minimum atomic E-state index is -0.761. The Morgan fingerprint density at radius 3 is 2.08 bits per heavy atom. The summed E-state index contributed by atoms with van der Waals surface area (Å²) in [6.07, 6.45) is 11.1. The van der Waals surface area contributed by atoms with Crippen LogP contribution in [0.2, 0.25) is 0 Å². The summed E-state index contributed by atoms with van der Waals surface area (Å²) in [5.74, 6) is 1.53. The van der Waals surface area contributed by atoms with Crippen molar-refractivity contribution in [1.82, 2.24) is 5.32 Å². The molecule has 5 rings (SSSR count). The second-order valence-electron chi connectivity index (χ2n) is 9.08. The number of nitrogens with zero attached hydrogens (tertiary/aromatic N) is 1. The zero-order valence-corrected chi connectivity index (χ0v) is 14.9. The molecule has 4 bridgehead atoms. The molecule has 5 fully saturated rings. The van der Waals surface area contributed by atoms with Crippen LogP contribution in [0.1, 0.15) is 70.6 Å². The van der Waals surface area contributed by atoms with Crippen LogP contribution in [0.3, 0.4) is 0 Å². The molecule has 1 N–H and O–H groups in total. The zero-order chi connectivity index (χ0) is 17.5. The Hall–Kier alpha value is -1.57. The van der Waals surface area contributed by atoms with Gasteiger partial charge in [-0.05, 0) is 69.1 Å². The van der Waals surface area contributed by atoms with Crippen LogP contribution in [0, 0.1) is 34.5 Å². The predicted octanol–water partition coefficient (Wildman–Crippen LogP) is 3.09. The van der Waals surface area contributed by atoms with Crippen molar-refractivity contribution in [2.75, 3.05) is 6.61 Å². The summed E-state index contributed by atoms with van der Waals surface area (Å²) in [5.41, 5.74) is -1.09. The van der Waals surface area contributed by atoms with Gasteiger partial charge in [0.15, 0.2) is 6.61 Å². The Morgan fingerprint density at radius 1 is 1.00 bits per heavy atom. The van der Waals surface area contributed by atoms with Gasteiger partial charge in [-0.15, -0.1) is 0 Å². The number of nitriles is 1. The van der Waals surface area contributed by atoms with E-state index < -0.39 is 5.54 Å². The van der Waals surface area contributed by atoms with Crippen molar-refractivity contribution in [2.45, 2.75) is 76.2 Å². The van der Waals surface area contributed by atoms with Crippen molar-refractivity contribution in [3.05, 3.63) is 0 Å². The van der Waals surface area contributed by atoms with Crippen LogP contribution in [0.15, 0.2) is 0 Å². The molecule has 0 aromatic carbocycles. The van der Waals surface area contributed by atoms with Crippen LogP contribution in [-0.2, 0) is 14.3 Å². The number of ether oxygens (including phenoxy) is 1. The summed E-state index contributed by atoms with van der Waals surface area (Å²) in [4.78, 5) is 25.0. The number of hydrogen-bond acceptors (Lipinski definition) is 4. The van der Waals surface area contributed by atoms with Gasteiger partial charge in [0, 0.05) is 0 Å². The molecule has 136 valence electrons. The van der Waals surface area contributed by atoms with Crippen LogP contribution < -0.4 is 5.32 Å². The summed E-state index contributed by atoms with van der Waals surface area (Å²) in [6, 6.07) is 2.27. The highest BCUT2D eigenvalue weighted by molar-refractivity contribution is 5.83. The van der Waals surface area contributed by atoms with E-state index in [2.05, 4.69) is 11.4 Å². The fraction of sp³-hybridized carbons (Fsp3) is 0.850. The van der Waals surface area contributed by atoms with Gasteiger partial charge in [0.1, 0.15) is 5.54 Å². The molecular formula is C20H28N2O3. The summed E-state index contributed by atoms with van der Waals surface area (Å²) >= 11 is 0. The molecule has 5 aliphatic rings. The smallest absolute Gasteiger partial charge is 0.312 e. The van der Waals surface area contributed by atoms with Gasteiger partial charge in [0.2, 0.25) is 0 Å². The van der Waals surface area contributed by atoms with Gasteiger partial charge >= 0.3 is 5.97 Å². The average molecular weight is 344 g/mol. The lowest BCUT2D eigenvalue weighted by Gasteiger charge is -2.55. The molecule has 0 aliphatic heterocycles. The SMILES string of the molecule is N#CC1(NC(=O)COC(=O)C23CC4CC(CC(C4)C2)C3)CCCCC1. The number of carbonyl (C=O) groups excluding carboxylic acids is 2. The van der Waals surface area contributed by atoms with Gasteiger partial charge in [0.25, 0.3) is 5.91 Å². The van der Waals surface area contributed by atoms with E-state index in [9.17, 15) is 14.9 Å². The lowest BCUT2D eigenvalue weighted by atomic mass is 9.49. The van der Waals surface area contributed by atoms with E-state index in [1.54, 1.807) is 0 Å². The highest BCUT2D eigenvalue weighted by Gasteiger charge is 2.55. The lowest BCUT2D eigenvalue weighted by molar-refractivity contribution is -0.173. The third-order valence-corrected chi connectivity index (χ3v) is 7.11. The van der Waals surface area contributed by atoms with E-state index in [1.165, 1.54) is 19.3 Å². The number of rotatable bonds is 4. The standard InChI is InChI=1S/C20H28N2O3/c21-13-20(4-2-1-3-5-20)22-17(23)12-25-18(24)19-9-14-6-15(10-19)8-16(7-14)11-19/h14-16H,1-12H2,(H,22,23). The van der Waals surface area contributed by atoms with Crippen LogP contribution in [0.5, 0.6) is 0 Å². The number of nitrogens with one attached hydrogen (secondary N) is 1. The fourth-order valence-electron chi connectivity index (χ4n) is 6.37. The maximum atomic E-state index is 12.8. The first-order chi connectivity index (χ1) is 12.0.